The van der Waals surface area contributed by atoms with Crippen LogP contribution in [0.15, 0.2) is 0 Å². The average Bonchev–Trinajstić information content (AvgIpc) is 2.42. The second-order valence-corrected chi connectivity index (χ2v) is 4.01. The maximum Gasteiger partial charge on any atom is 0.344 e. The van der Waals surface area contributed by atoms with Crippen molar-refractivity contribution >= 4 is 23.8 Å². The highest BCUT2D eigenvalue weighted by Crippen LogP contribution is 2.15. The predicted molar refractivity (Wildman–Crippen MR) is 71.7 cm³/mol. The summed E-state index contributed by atoms with van der Waals surface area (Å²) < 4.78 is 9.09. The van der Waals surface area contributed by atoms with E-state index in [1.165, 1.54) is 6.92 Å². The second kappa shape index (κ2) is 8.58. The van der Waals surface area contributed by atoms with Gasteiger partial charge in [-0.05, 0) is 0 Å². The van der Waals surface area contributed by atoms with Gasteiger partial charge in [0.05, 0.1) is 27.2 Å². The van der Waals surface area contributed by atoms with Crippen LogP contribution < -0.4 is 10.6 Å². The minimum Gasteiger partial charge on any atom is -0.467 e. The van der Waals surface area contributed by atoms with Crippen molar-refractivity contribution in [1.29, 1.82) is 0 Å². The van der Waals surface area contributed by atoms with Crippen LogP contribution in [0.5, 0.6) is 0 Å². The summed E-state index contributed by atoms with van der Waals surface area (Å²) in [5, 5.41) is 4.64. The summed E-state index contributed by atoms with van der Waals surface area (Å²) in [7, 11) is 2.15. The molecule has 0 radical (unpaired) electrons. The zero-order valence-electron chi connectivity index (χ0n) is 12.4. The van der Waals surface area contributed by atoms with E-state index in [1.807, 2.05) is 0 Å². The van der Waals surface area contributed by atoms with Crippen molar-refractivity contribution in [3.8, 4) is 11.8 Å². The highest BCUT2D eigenvalue weighted by atomic mass is 16.5. The molecule has 0 heterocycles. The van der Waals surface area contributed by atoms with Gasteiger partial charge in [0.15, 0.2) is 0 Å². The fourth-order valence-corrected chi connectivity index (χ4v) is 1.45. The minimum atomic E-state index is -2.03. The molecule has 0 saturated heterocycles. The molecule has 2 amide bonds. The largest absolute Gasteiger partial charge is 0.467 e. The van der Waals surface area contributed by atoms with E-state index in [1.54, 1.807) is 0 Å². The van der Waals surface area contributed by atoms with E-state index in [0.29, 0.717) is 0 Å². The molecule has 0 aliphatic carbocycles. The Bertz CT molecular complexity index is 473. The lowest BCUT2D eigenvalue weighted by Crippen LogP contribution is -2.60. The number of methoxy groups -OCH3 is 2. The van der Waals surface area contributed by atoms with Crippen LogP contribution in [0.4, 0.5) is 0 Å². The molecule has 8 heteroatoms. The molecule has 116 valence electrons. The lowest BCUT2D eigenvalue weighted by Gasteiger charge is -2.26. The molecule has 0 saturated carbocycles. The van der Waals surface area contributed by atoms with Crippen LogP contribution in [0.3, 0.4) is 0 Å². The average molecular weight is 298 g/mol. The first-order valence-electron chi connectivity index (χ1n) is 5.96. The van der Waals surface area contributed by atoms with Crippen molar-refractivity contribution in [2.75, 3.05) is 20.8 Å². The highest BCUT2D eigenvalue weighted by molar-refractivity contribution is 6.07. The van der Waals surface area contributed by atoms with Gasteiger partial charge in [-0.25, -0.2) is 9.59 Å². The van der Waals surface area contributed by atoms with Gasteiger partial charge < -0.3 is 20.1 Å². The summed E-state index contributed by atoms with van der Waals surface area (Å²) >= 11 is 0. The van der Waals surface area contributed by atoms with Crippen molar-refractivity contribution in [2.24, 2.45) is 0 Å². The van der Waals surface area contributed by atoms with Crippen molar-refractivity contribution in [3.63, 3.8) is 0 Å². The topological polar surface area (TPSA) is 111 Å². The van der Waals surface area contributed by atoms with E-state index in [-0.39, 0.29) is 18.9 Å². The smallest absolute Gasteiger partial charge is 0.344 e. The summed E-state index contributed by atoms with van der Waals surface area (Å²) in [5.74, 6) is 2.23. The SMILES string of the molecule is COC(=O)C(CC#CCNC(C)=O)(NC(C)=O)C(=O)OC. The third-order valence-electron chi connectivity index (χ3n) is 2.36. The number of hydrogen-bond acceptors (Lipinski definition) is 6. The predicted octanol–water partition coefficient (Wildman–Crippen LogP) is -1.26. The van der Waals surface area contributed by atoms with Gasteiger partial charge >= 0.3 is 11.9 Å². The first-order chi connectivity index (χ1) is 9.80. The third-order valence-corrected chi connectivity index (χ3v) is 2.36. The van der Waals surface area contributed by atoms with Gasteiger partial charge in [0.2, 0.25) is 17.4 Å². The molecule has 0 aromatic carbocycles. The van der Waals surface area contributed by atoms with Crippen LogP contribution in [0.1, 0.15) is 20.3 Å². The molecule has 0 rings (SSSR count). The maximum atomic E-state index is 11.9. The van der Waals surface area contributed by atoms with E-state index in [4.69, 9.17) is 0 Å². The molecular weight excluding hydrogens is 280 g/mol. The van der Waals surface area contributed by atoms with Crippen molar-refractivity contribution in [3.05, 3.63) is 0 Å². The van der Waals surface area contributed by atoms with Crippen LogP contribution in [0.2, 0.25) is 0 Å². The number of amides is 2. The summed E-state index contributed by atoms with van der Waals surface area (Å²) in [4.78, 5) is 45.7. The number of hydrogen-bond donors (Lipinski definition) is 2. The van der Waals surface area contributed by atoms with Crippen LogP contribution >= 0.6 is 0 Å². The van der Waals surface area contributed by atoms with E-state index >= 15 is 0 Å². The van der Waals surface area contributed by atoms with Crippen LogP contribution in [0, 0.1) is 11.8 Å². The molecule has 8 nitrogen and oxygen atoms in total. The Labute approximate surface area is 122 Å². The molecule has 21 heavy (non-hydrogen) atoms. The van der Waals surface area contributed by atoms with Gasteiger partial charge in [-0.3, -0.25) is 9.59 Å². The van der Waals surface area contributed by atoms with Crippen LogP contribution in [-0.4, -0.2) is 50.1 Å². The molecule has 0 unspecified atom stereocenters. The molecule has 0 aromatic heterocycles. The van der Waals surface area contributed by atoms with E-state index in [2.05, 4.69) is 31.9 Å². The number of carbonyl (C=O) groups is 4. The quantitative estimate of drug-likeness (QED) is 0.372. The fraction of sp³-hybridized carbons (Fsp3) is 0.538. The van der Waals surface area contributed by atoms with Gasteiger partial charge in [0.1, 0.15) is 0 Å². The Morgan fingerprint density at radius 2 is 1.48 bits per heavy atom. The maximum absolute atomic E-state index is 11.9. The summed E-state index contributed by atoms with van der Waals surface area (Å²) in [6.45, 7) is 2.52. The number of carbonyl (C=O) groups excluding carboxylic acids is 4. The summed E-state index contributed by atoms with van der Waals surface area (Å²) in [6.07, 6.45) is -0.342. The molecule has 0 aromatic rings. The fourth-order valence-electron chi connectivity index (χ4n) is 1.45. The van der Waals surface area contributed by atoms with Crippen molar-refractivity contribution < 1.29 is 28.7 Å². The molecule has 0 bridgehead atoms. The summed E-state index contributed by atoms with van der Waals surface area (Å²) in [6, 6.07) is 0. The van der Waals surface area contributed by atoms with Gasteiger partial charge in [0.25, 0.3) is 0 Å². The number of nitrogens with one attached hydrogen (secondary N) is 2. The standard InChI is InChI=1S/C13H18N2O6/c1-9(16)14-8-6-5-7-13(11(18)20-3,12(19)21-4)15-10(2)17/h7-8H2,1-4H3,(H,14,16)(H,15,17). The van der Waals surface area contributed by atoms with Crippen LogP contribution in [0.25, 0.3) is 0 Å². The lowest BCUT2D eigenvalue weighted by molar-refractivity contribution is -0.164. The Kier molecular flexibility index (Phi) is 7.53. The van der Waals surface area contributed by atoms with Gasteiger partial charge in [0, 0.05) is 13.8 Å². The monoisotopic (exact) mass is 298 g/mol. The zero-order chi connectivity index (χ0) is 16.5. The third kappa shape index (κ3) is 5.52. The van der Waals surface area contributed by atoms with Gasteiger partial charge in [-0.1, -0.05) is 11.8 Å². The summed E-state index contributed by atoms with van der Waals surface area (Å²) in [5.41, 5.74) is -2.03. The van der Waals surface area contributed by atoms with Gasteiger partial charge in [-0.2, -0.15) is 0 Å². The molecule has 0 atom stereocenters. The van der Waals surface area contributed by atoms with E-state index in [9.17, 15) is 19.2 Å². The number of esters is 2. The van der Waals surface area contributed by atoms with E-state index < -0.39 is 23.4 Å². The van der Waals surface area contributed by atoms with Gasteiger partial charge in [-0.15, -0.1) is 0 Å². The first-order valence-corrected chi connectivity index (χ1v) is 5.96. The zero-order valence-corrected chi connectivity index (χ0v) is 12.4. The lowest BCUT2D eigenvalue weighted by atomic mass is 9.95. The molecule has 0 aliphatic heterocycles. The Hall–Kier alpha value is -2.56. The Morgan fingerprint density at radius 1 is 0.952 bits per heavy atom. The number of rotatable bonds is 5. The van der Waals surface area contributed by atoms with Crippen molar-refractivity contribution in [2.45, 2.75) is 25.8 Å². The van der Waals surface area contributed by atoms with Crippen LogP contribution in [-0.2, 0) is 28.7 Å². The minimum absolute atomic E-state index is 0.0494. The van der Waals surface area contributed by atoms with E-state index in [0.717, 1.165) is 21.1 Å². The normalized spacial score (nSPS) is 9.71. The Morgan fingerprint density at radius 3 is 1.86 bits per heavy atom. The Balaban J connectivity index is 5.26. The molecule has 2 N–H and O–H groups in total. The van der Waals surface area contributed by atoms with Crippen molar-refractivity contribution in [1.82, 2.24) is 10.6 Å². The number of ether oxygens (including phenoxy) is 2. The molecule has 0 aliphatic rings. The molecular formula is C13H18N2O6. The second-order valence-electron chi connectivity index (χ2n) is 4.01. The molecule has 0 spiro atoms. The molecule has 0 fully saturated rings. The first kappa shape index (κ1) is 18.4. The highest BCUT2D eigenvalue weighted by Gasteiger charge is 2.49.